The Labute approximate surface area is 214 Å². The molecular formula is C24H26ClIN4O4. The lowest BCUT2D eigenvalue weighted by atomic mass is 9.98. The van der Waals surface area contributed by atoms with Crippen molar-refractivity contribution >= 4 is 44.6 Å². The van der Waals surface area contributed by atoms with E-state index in [4.69, 9.17) is 29.0 Å². The molecule has 1 aromatic rings. The number of amidine groups is 1. The Hall–Kier alpha value is -1.81. The molecule has 4 aliphatic rings. The number of ether oxygens (including phenoxy) is 3. The predicted octanol–water partition coefficient (Wildman–Crippen LogP) is 3.03. The summed E-state index contributed by atoms with van der Waals surface area (Å²) in [7, 11) is 0. The normalized spacial score (nSPS) is 31.6. The molecule has 4 heterocycles. The number of aliphatic hydroxyl groups is 1. The monoisotopic (exact) mass is 596 g/mol. The van der Waals surface area contributed by atoms with Gasteiger partial charge in [0.15, 0.2) is 6.10 Å². The molecule has 3 fully saturated rings. The molecule has 8 nitrogen and oxygen atoms in total. The zero-order chi connectivity index (χ0) is 23.3. The maximum absolute atomic E-state index is 9.91. The second-order valence-corrected chi connectivity index (χ2v) is 10.2. The summed E-state index contributed by atoms with van der Waals surface area (Å²) in [6, 6.07) is 8.36. The fourth-order valence-corrected chi connectivity index (χ4v) is 5.88. The van der Waals surface area contributed by atoms with Gasteiger partial charge in [0.25, 0.3) is 6.02 Å². The van der Waals surface area contributed by atoms with Gasteiger partial charge in [-0.2, -0.15) is 3.21 Å². The van der Waals surface area contributed by atoms with Crippen LogP contribution in [0.3, 0.4) is 0 Å². The quantitative estimate of drug-likeness (QED) is 0.359. The van der Waals surface area contributed by atoms with Gasteiger partial charge in [0.1, 0.15) is 39.6 Å². The van der Waals surface area contributed by atoms with Gasteiger partial charge < -0.3 is 30.0 Å². The first-order chi connectivity index (χ1) is 16.7. The first-order valence-electron chi connectivity index (χ1n) is 11.3. The third kappa shape index (κ3) is 5.70. The average molecular weight is 597 g/mol. The summed E-state index contributed by atoms with van der Waals surface area (Å²) in [6.07, 6.45) is 4.01. The van der Waals surface area contributed by atoms with Crippen molar-refractivity contribution < 1.29 is 19.3 Å². The van der Waals surface area contributed by atoms with E-state index >= 15 is 0 Å². The first kappa shape index (κ1) is 23.9. The van der Waals surface area contributed by atoms with Crippen LogP contribution >= 0.6 is 32.9 Å². The Kier molecular flexibility index (Phi) is 7.94. The molecule has 4 atom stereocenters. The van der Waals surface area contributed by atoms with E-state index in [1.54, 1.807) is 12.3 Å². The molecule has 0 unspecified atom stereocenters. The maximum atomic E-state index is 9.91. The van der Waals surface area contributed by atoms with E-state index in [1.165, 1.54) is 0 Å². The third-order valence-electron chi connectivity index (χ3n) is 6.06. The van der Waals surface area contributed by atoms with E-state index in [9.17, 15) is 5.11 Å². The second-order valence-electron chi connectivity index (χ2n) is 8.41. The number of fused-ring (bicyclic) bond motifs is 1. The number of hydrogen-bond acceptors (Lipinski definition) is 8. The van der Waals surface area contributed by atoms with E-state index in [0.29, 0.717) is 29.3 Å². The number of piperidine rings is 1. The standard InChI is InChI=1S/C24H26ClIN4O4/c25-18-9-12-28-24(34-20-14-33-22-19(31)13-32-23(20)22)30-26-29-21(18)17-5-3-15(4-6-17)1-2-16-7-10-27-11-8-16/h3-6,9,12,16,19-20,22-23,27,31H,7-8,10-11,13-14H2,(H,28,29,30)/b12-9?,21-18+/t19-,20-,22-,23-/m1/s1. The SMILES string of the molecule is O[C@@H]1CO[C@H]2[C@@H]1OC[C@H]2OC1=NI=N/C(c2ccc(C#CC3CCNCC3)cc2)=C(/Cl)C=CN1. The number of aliphatic hydroxyl groups excluding tert-OH is 1. The number of nitrogens with one attached hydrogen (secondary N) is 2. The van der Waals surface area contributed by atoms with Gasteiger partial charge in [0.2, 0.25) is 0 Å². The van der Waals surface area contributed by atoms with Crippen molar-refractivity contribution in [3.63, 3.8) is 0 Å². The molecule has 0 aliphatic carbocycles. The molecule has 0 radical (unpaired) electrons. The molecule has 3 saturated heterocycles. The Balaban J connectivity index is 1.26. The van der Waals surface area contributed by atoms with Crippen LogP contribution in [-0.4, -0.2) is 61.8 Å². The molecule has 0 saturated carbocycles. The van der Waals surface area contributed by atoms with Crippen molar-refractivity contribution in [2.45, 2.75) is 37.3 Å². The Morgan fingerprint density at radius 1 is 1.12 bits per heavy atom. The molecule has 3 N–H and O–H groups in total. The van der Waals surface area contributed by atoms with Crippen LogP contribution in [0.1, 0.15) is 24.0 Å². The molecule has 180 valence electrons. The molecule has 5 rings (SSSR count). The maximum Gasteiger partial charge on any atom is 0.300 e. The summed E-state index contributed by atoms with van der Waals surface area (Å²) in [5.74, 6) is 7.16. The average Bonchev–Trinajstić information content (AvgIpc) is 3.45. The van der Waals surface area contributed by atoms with Gasteiger partial charge in [0.05, 0.1) is 23.9 Å². The van der Waals surface area contributed by atoms with Crippen LogP contribution in [0.2, 0.25) is 0 Å². The van der Waals surface area contributed by atoms with E-state index in [2.05, 4.69) is 25.7 Å². The lowest BCUT2D eigenvalue weighted by Gasteiger charge is -2.18. The molecular weight excluding hydrogens is 571 g/mol. The van der Waals surface area contributed by atoms with Crippen molar-refractivity contribution in [1.82, 2.24) is 10.6 Å². The van der Waals surface area contributed by atoms with Gasteiger partial charge in [-0.15, -0.1) is 0 Å². The molecule has 0 aromatic heterocycles. The van der Waals surface area contributed by atoms with Crippen LogP contribution in [0, 0.1) is 17.8 Å². The summed E-state index contributed by atoms with van der Waals surface area (Å²) >= 11 is 5.59. The van der Waals surface area contributed by atoms with E-state index in [-0.39, 0.29) is 24.9 Å². The zero-order valence-electron chi connectivity index (χ0n) is 18.4. The second kappa shape index (κ2) is 11.3. The summed E-state index contributed by atoms with van der Waals surface area (Å²) in [6.45, 7) is 2.67. The van der Waals surface area contributed by atoms with Crippen LogP contribution < -0.4 is 10.6 Å². The van der Waals surface area contributed by atoms with Crippen LogP contribution in [0.5, 0.6) is 0 Å². The van der Waals surface area contributed by atoms with E-state index in [1.807, 2.05) is 24.3 Å². The summed E-state index contributed by atoms with van der Waals surface area (Å²) in [5, 5.41) is 16.8. The lowest BCUT2D eigenvalue weighted by molar-refractivity contribution is 0.00519. The van der Waals surface area contributed by atoms with Crippen LogP contribution in [0.4, 0.5) is 0 Å². The smallest absolute Gasteiger partial charge is 0.300 e. The molecule has 1 aromatic carbocycles. The number of hydrogen-bond donors (Lipinski definition) is 3. The fraction of sp³-hybridized carbons (Fsp3) is 0.458. The first-order valence-corrected chi connectivity index (χ1v) is 13.6. The number of rotatable bonds is 2. The van der Waals surface area contributed by atoms with Gasteiger partial charge >= 0.3 is 0 Å². The van der Waals surface area contributed by atoms with Crippen molar-refractivity contribution in [3.05, 3.63) is 52.7 Å². The van der Waals surface area contributed by atoms with Gasteiger partial charge in [-0.25, -0.2) is 3.15 Å². The molecule has 10 heteroatoms. The summed E-state index contributed by atoms with van der Waals surface area (Å²) < 4.78 is 26.5. The molecule has 4 aliphatic heterocycles. The number of nitrogens with zero attached hydrogens (tertiary/aromatic N) is 2. The van der Waals surface area contributed by atoms with Gasteiger partial charge in [-0.05, 0) is 44.1 Å². The number of allylic oxidation sites excluding steroid dienone is 2. The summed E-state index contributed by atoms with van der Waals surface area (Å²) in [5.41, 5.74) is 2.60. The minimum absolute atomic E-state index is 0.253. The lowest BCUT2D eigenvalue weighted by Crippen LogP contribution is -2.36. The minimum atomic E-state index is -0.973. The number of benzene rings is 1. The molecule has 0 amide bonds. The van der Waals surface area contributed by atoms with E-state index in [0.717, 1.165) is 37.1 Å². The molecule has 34 heavy (non-hydrogen) atoms. The largest absolute Gasteiger partial charge is 0.456 e. The van der Waals surface area contributed by atoms with Gasteiger partial charge in [-0.3, -0.25) is 0 Å². The van der Waals surface area contributed by atoms with Crippen molar-refractivity contribution in [2.75, 3.05) is 26.3 Å². The van der Waals surface area contributed by atoms with Crippen molar-refractivity contribution in [1.29, 1.82) is 0 Å². The minimum Gasteiger partial charge on any atom is -0.456 e. The van der Waals surface area contributed by atoms with Gasteiger partial charge in [-0.1, -0.05) is 35.6 Å². The molecule has 0 bridgehead atoms. The Morgan fingerprint density at radius 2 is 1.91 bits per heavy atom. The van der Waals surface area contributed by atoms with Crippen LogP contribution in [-0.2, 0) is 14.2 Å². The third-order valence-corrected chi connectivity index (χ3v) is 7.72. The Bertz CT molecular complexity index is 1070. The Morgan fingerprint density at radius 3 is 2.74 bits per heavy atom. The van der Waals surface area contributed by atoms with Crippen LogP contribution in [0.25, 0.3) is 5.70 Å². The highest BCUT2D eigenvalue weighted by Crippen LogP contribution is 2.31. The predicted molar refractivity (Wildman–Crippen MR) is 138 cm³/mol. The molecule has 0 spiro atoms. The van der Waals surface area contributed by atoms with Crippen molar-refractivity contribution in [3.8, 4) is 11.8 Å². The topological polar surface area (TPSA) is 96.7 Å². The fourth-order valence-electron chi connectivity index (χ4n) is 4.21. The van der Waals surface area contributed by atoms with E-state index < -0.39 is 27.4 Å². The number of halogens is 2. The highest BCUT2D eigenvalue weighted by Gasteiger charge is 2.48. The van der Waals surface area contributed by atoms with Crippen LogP contribution in [0.15, 0.2) is 47.9 Å². The van der Waals surface area contributed by atoms with Crippen molar-refractivity contribution in [2.24, 2.45) is 12.3 Å². The highest BCUT2D eigenvalue weighted by molar-refractivity contribution is 14.1. The summed E-state index contributed by atoms with van der Waals surface area (Å²) in [4.78, 5) is 0. The zero-order valence-corrected chi connectivity index (χ0v) is 21.3. The van der Waals surface area contributed by atoms with Gasteiger partial charge in [0, 0.05) is 23.2 Å². The highest BCUT2D eigenvalue weighted by atomic mass is 127.